The van der Waals surface area contributed by atoms with Gasteiger partial charge in [0.2, 0.25) is 5.91 Å². The number of carbonyl (C=O) groups is 2. The highest BCUT2D eigenvalue weighted by Gasteiger charge is 2.31. The van der Waals surface area contributed by atoms with Gasteiger partial charge in [0.1, 0.15) is 11.5 Å². The zero-order chi connectivity index (χ0) is 24.7. The van der Waals surface area contributed by atoms with Gasteiger partial charge in [0.15, 0.2) is 0 Å². The molecule has 0 unspecified atom stereocenters. The molecule has 3 aromatic heterocycles. The molecule has 9 nitrogen and oxygen atoms in total. The minimum absolute atomic E-state index is 0. The number of nitrogens with zero attached hydrogens (tertiary/aromatic N) is 6. The Bertz CT molecular complexity index is 1240. The molecular weight excluding hydrogens is 442 g/mol. The van der Waals surface area contributed by atoms with Crippen molar-refractivity contribution in [1.29, 1.82) is 0 Å². The minimum Gasteiger partial charge on any atom is -0.352 e. The molecule has 2 aliphatic rings. The number of carbonyl (C=O) groups excluding carboxylic acids is 2. The predicted octanol–water partition coefficient (Wildman–Crippen LogP) is 2.70. The lowest BCUT2D eigenvalue weighted by atomic mass is 10.1. The molecule has 2 amide bonds. The molecule has 0 radical (unpaired) electrons. The lowest BCUT2D eigenvalue weighted by Crippen LogP contribution is -2.58. The molecule has 5 rings (SSSR count). The number of piperazine rings is 2. The fourth-order valence-corrected chi connectivity index (χ4v) is 5.40. The van der Waals surface area contributed by atoms with Gasteiger partial charge in [-0.15, -0.1) is 0 Å². The van der Waals surface area contributed by atoms with Gasteiger partial charge in [0, 0.05) is 83.0 Å². The van der Waals surface area contributed by atoms with Crippen molar-refractivity contribution in [3.05, 3.63) is 42.2 Å². The number of aromatic nitrogens is 3. The van der Waals surface area contributed by atoms with Crippen molar-refractivity contribution in [3.8, 4) is 11.3 Å². The summed E-state index contributed by atoms with van der Waals surface area (Å²) < 4.78 is 0. The fraction of sp³-hybridized carbons (Fsp3) is 0.462. The SMILES string of the molecule is CC(=O)N1[C@H](C)CN(c2cccc(-c3c[nH]c4ncc(C(=O)N5CCN(C)CC5)cc34)n2)C[C@@H]1C.[HH]. The fourth-order valence-electron chi connectivity index (χ4n) is 5.40. The smallest absolute Gasteiger partial charge is 0.255 e. The van der Waals surface area contributed by atoms with E-state index in [1.807, 2.05) is 40.3 Å². The number of hydrogen-bond donors (Lipinski definition) is 1. The molecule has 0 aliphatic carbocycles. The van der Waals surface area contributed by atoms with E-state index in [1.165, 1.54) is 0 Å². The number of nitrogens with one attached hydrogen (secondary N) is 1. The number of amides is 2. The maximum Gasteiger partial charge on any atom is 0.255 e. The Labute approximate surface area is 207 Å². The molecule has 35 heavy (non-hydrogen) atoms. The van der Waals surface area contributed by atoms with Crippen LogP contribution in [0, 0.1) is 0 Å². The molecular formula is C26H35N7O2. The van der Waals surface area contributed by atoms with E-state index in [2.05, 4.69) is 40.7 Å². The number of rotatable bonds is 3. The van der Waals surface area contributed by atoms with Crippen LogP contribution in [0.25, 0.3) is 22.3 Å². The van der Waals surface area contributed by atoms with Crippen molar-refractivity contribution in [2.75, 3.05) is 51.2 Å². The molecule has 9 heteroatoms. The predicted molar refractivity (Wildman–Crippen MR) is 138 cm³/mol. The lowest BCUT2D eigenvalue weighted by Gasteiger charge is -2.44. The first-order valence-electron chi connectivity index (χ1n) is 12.3. The molecule has 2 saturated heterocycles. The topological polar surface area (TPSA) is 88.7 Å². The van der Waals surface area contributed by atoms with E-state index in [9.17, 15) is 9.59 Å². The van der Waals surface area contributed by atoms with Crippen molar-refractivity contribution in [2.24, 2.45) is 0 Å². The molecule has 5 heterocycles. The average Bonchev–Trinajstić information content (AvgIpc) is 3.27. The third kappa shape index (κ3) is 4.48. The first kappa shape index (κ1) is 23.3. The third-order valence-corrected chi connectivity index (χ3v) is 7.19. The van der Waals surface area contributed by atoms with Gasteiger partial charge in [-0.25, -0.2) is 9.97 Å². The molecule has 2 atom stereocenters. The van der Waals surface area contributed by atoms with Crippen LogP contribution in [-0.2, 0) is 4.79 Å². The van der Waals surface area contributed by atoms with Crippen molar-refractivity contribution in [1.82, 2.24) is 29.7 Å². The Balaban J connectivity index is 0.00000304. The third-order valence-electron chi connectivity index (χ3n) is 7.19. The van der Waals surface area contributed by atoms with Crippen LogP contribution in [0.3, 0.4) is 0 Å². The Morgan fingerprint density at radius 1 is 1.09 bits per heavy atom. The second-order valence-corrected chi connectivity index (χ2v) is 9.83. The summed E-state index contributed by atoms with van der Waals surface area (Å²) in [5.41, 5.74) is 3.08. The molecule has 2 aliphatic heterocycles. The van der Waals surface area contributed by atoms with E-state index in [1.54, 1.807) is 13.1 Å². The van der Waals surface area contributed by atoms with E-state index < -0.39 is 0 Å². The zero-order valence-corrected chi connectivity index (χ0v) is 20.9. The van der Waals surface area contributed by atoms with Crippen molar-refractivity contribution in [2.45, 2.75) is 32.9 Å². The molecule has 3 aromatic rings. The van der Waals surface area contributed by atoms with Gasteiger partial charge in [0.05, 0.1) is 11.3 Å². The zero-order valence-electron chi connectivity index (χ0n) is 20.9. The molecule has 0 spiro atoms. The van der Waals surface area contributed by atoms with Gasteiger partial charge in [-0.2, -0.15) is 0 Å². The largest absolute Gasteiger partial charge is 0.352 e. The lowest BCUT2D eigenvalue weighted by molar-refractivity contribution is -0.133. The molecule has 0 aromatic carbocycles. The Morgan fingerprint density at radius 3 is 2.49 bits per heavy atom. The maximum absolute atomic E-state index is 13.1. The maximum atomic E-state index is 13.1. The summed E-state index contributed by atoms with van der Waals surface area (Å²) in [5.74, 6) is 1.02. The summed E-state index contributed by atoms with van der Waals surface area (Å²) in [6, 6.07) is 8.17. The first-order valence-corrected chi connectivity index (χ1v) is 12.3. The highest BCUT2D eigenvalue weighted by atomic mass is 16.2. The van der Waals surface area contributed by atoms with Crippen molar-refractivity contribution in [3.63, 3.8) is 0 Å². The summed E-state index contributed by atoms with van der Waals surface area (Å²) >= 11 is 0. The molecule has 0 bridgehead atoms. The molecule has 0 saturated carbocycles. The van der Waals surface area contributed by atoms with Crippen molar-refractivity contribution < 1.29 is 11.0 Å². The molecule has 186 valence electrons. The van der Waals surface area contributed by atoms with Crippen molar-refractivity contribution >= 4 is 28.7 Å². The number of hydrogen-bond acceptors (Lipinski definition) is 6. The first-order chi connectivity index (χ1) is 16.8. The summed E-state index contributed by atoms with van der Waals surface area (Å²) in [6.45, 7) is 10.5. The summed E-state index contributed by atoms with van der Waals surface area (Å²) in [4.78, 5) is 46.2. The van der Waals surface area contributed by atoms with Gasteiger partial charge >= 0.3 is 0 Å². The quantitative estimate of drug-likeness (QED) is 0.624. The molecule has 2 fully saturated rings. The van der Waals surface area contributed by atoms with E-state index in [0.29, 0.717) is 5.56 Å². The van der Waals surface area contributed by atoms with E-state index in [4.69, 9.17) is 4.98 Å². The minimum atomic E-state index is 0. The number of pyridine rings is 2. The molecule has 1 N–H and O–H groups in total. The standard InChI is InChI=1S/C26H33N7O2.H2/c1-17-15-32(16-18(2)33(17)19(3)34)24-7-5-6-23(29-24)22-14-28-25-21(22)12-20(13-27-25)26(35)31-10-8-30(4)9-11-31;/h5-7,12-14,17-18H,8-11,15-16H2,1-4H3,(H,27,28);1H/t17-,18+;. The highest BCUT2D eigenvalue weighted by molar-refractivity contribution is 6.00. The Hall–Kier alpha value is -3.46. The Morgan fingerprint density at radius 2 is 1.80 bits per heavy atom. The summed E-state index contributed by atoms with van der Waals surface area (Å²) in [7, 11) is 2.08. The normalized spacial score (nSPS) is 21.5. The second-order valence-electron chi connectivity index (χ2n) is 9.83. The van der Waals surface area contributed by atoms with Gasteiger partial charge in [0.25, 0.3) is 5.91 Å². The van der Waals surface area contributed by atoms with Crippen LogP contribution in [-0.4, -0.2) is 99.9 Å². The number of H-pyrrole nitrogens is 1. The van der Waals surface area contributed by atoms with Crippen LogP contribution in [0.1, 0.15) is 32.6 Å². The Kier molecular flexibility index (Phi) is 6.19. The van der Waals surface area contributed by atoms with E-state index in [0.717, 1.165) is 67.4 Å². The average molecular weight is 478 g/mol. The second kappa shape index (κ2) is 9.30. The van der Waals surface area contributed by atoms with E-state index in [-0.39, 0.29) is 25.3 Å². The van der Waals surface area contributed by atoms with Gasteiger partial charge in [-0.1, -0.05) is 6.07 Å². The number of anilines is 1. The van der Waals surface area contributed by atoms with Crippen LogP contribution in [0.5, 0.6) is 0 Å². The van der Waals surface area contributed by atoms with Crippen LogP contribution >= 0.6 is 0 Å². The van der Waals surface area contributed by atoms with Crippen LogP contribution < -0.4 is 4.90 Å². The van der Waals surface area contributed by atoms with Crippen LogP contribution in [0.4, 0.5) is 5.82 Å². The van der Waals surface area contributed by atoms with Gasteiger partial charge in [-0.3, -0.25) is 9.59 Å². The number of fused-ring (bicyclic) bond motifs is 1. The highest BCUT2D eigenvalue weighted by Crippen LogP contribution is 2.30. The number of aromatic amines is 1. The number of likely N-dealkylation sites (N-methyl/N-ethyl adjacent to an activating group) is 1. The van der Waals surface area contributed by atoms with E-state index >= 15 is 0 Å². The van der Waals surface area contributed by atoms with Gasteiger partial charge in [-0.05, 0) is 39.1 Å². The summed E-state index contributed by atoms with van der Waals surface area (Å²) in [6.07, 6.45) is 3.57. The monoisotopic (exact) mass is 477 g/mol. The van der Waals surface area contributed by atoms with Crippen LogP contribution in [0.2, 0.25) is 0 Å². The van der Waals surface area contributed by atoms with Gasteiger partial charge < -0.3 is 24.6 Å². The summed E-state index contributed by atoms with van der Waals surface area (Å²) in [5, 5.41) is 0.887. The van der Waals surface area contributed by atoms with Crippen LogP contribution in [0.15, 0.2) is 36.7 Å².